The number of rotatable bonds is 6. The van der Waals surface area contributed by atoms with E-state index in [0.717, 1.165) is 19.2 Å². The molecule has 12 heteroatoms. The van der Waals surface area contributed by atoms with Crippen molar-refractivity contribution in [3.8, 4) is 0 Å². The van der Waals surface area contributed by atoms with Crippen LogP contribution in [0.5, 0.6) is 0 Å². The first kappa shape index (κ1) is 22.9. The number of hydrogen-bond acceptors (Lipinski definition) is 8. The van der Waals surface area contributed by atoms with Crippen molar-refractivity contribution >= 4 is 17.6 Å². The largest absolute Gasteiger partial charge is 0.466 e. The third kappa shape index (κ3) is 4.59. The normalized spacial score (nSPS) is 16.8. The molecule has 0 radical (unpaired) electrons. The molecule has 0 spiro atoms. The van der Waals surface area contributed by atoms with Crippen LogP contribution in [-0.2, 0) is 19.1 Å². The smallest absolute Gasteiger partial charge is 0.431 e. The zero-order valence-electron chi connectivity index (χ0n) is 15.9. The van der Waals surface area contributed by atoms with Gasteiger partial charge in [-0.2, -0.15) is 13.2 Å². The summed E-state index contributed by atoms with van der Waals surface area (Å²) in [4.78, 5) is 35.4. The number of alkyl halides is 3. The summed E-state index contributed by atoms with van der Waals surface area (Å²) in [6, 6.07) is 4.61. The van der Waals surface area contributed by atoms with E-state index in [4.69, 9.17) is 10.5 Å². The Kier molecular flexibility index (Phi) is 6.82. The van der Waals surface area contributed by atoms with Crippen LogP contribution < -0.4 is 11.1 Å². The maximum atomic E-state index is 13.7. The van der Waals surface area contributed by atoms with E-state index in [1.54, 1.807) is 0 Å². The van der Waals surface area contributed by atoms with Crippen LogP contribution in [0, 0.1) is 10.1 Å². The molecule has 0 saturated heterocycles. The predicted molar refractivity (Wildman–Crippen MR) is 96.8 cm³/mol. The van der Waals surface area contributed by atoms with Crippen LogP contribution in [0.25, 0.3) is 0 Å². The number of dihydropyridines is 1. The highest BCUT2D eigenvalue weighted by Crippen LogP contribution is 2.43. The van der Waals surface area contributed by atoms with Crippen molar-refractivity contribution in [2.24, 2.45) is 5.73 Å². The van der Waals surface area contributed by atoms with E-state index >= 15 is 0 Å². The summed E-state index contributed by atoms with van der Waals surface area (Å²) in [5.74, 6) is -4.01. The minimum atomic E-state index is -5.00. The van der Waals surface area contributed by atoms with Gasteiger partial charge in [0.1, 0.15) is 12.3 Å². The maximum Gasteiger partial charge on any atom is 0.431 e. The van der Waals surface area contributed by atoms with Gasteiger partial charge in [-0.3, -0.25) is 10.1 Å². The van der Waals surface area contributed by atoms with Crippen LogP contribution in [0.3, 0.4) is 0 Å². The molecule has 9 nitrogen and oxygen atoms in total. The van der Waals surface area contributed by atoms with Gasteiger partial charge in [0.25, 0.3) is 5.69 Å². The SMILES string of the molecule is COC(=O)C1=C(C(F)(F)F)NC(C)=C(C(=O)OCCN)C1c1cccc([N+](=O)[O-])c1. The fourth-order valence-electron chi connectivity index (χ4n) is 3.03. The highest BCUT2D eigenvalue weighted by molar-refractivity contribution is 6.00. The molecule has 0 aromatic heterocycles. The Hall–Kier alpha value is -3.41. The van der Waals surface area contributed by atoms with Crippen molar-refractivity contribution < 1.29 is 37.2 Å². The summed E-state index contributed by atoms with van der Waals surface area (Å²) in [7, 11) is 0.880. The number of ether oxygens (including phenoxy) is 2. The summed E-state index contributed by atoms with van der Waals surface area (Å²) in [5, 5.41) is 13.2. The predicted octanol–water partition coefficient (Wildman–Crippen LogP) is 2.05. The first-order valence-corrected chi connectivity index (χ1v) is 8.51. The lowest BCUT2D eigenvalue weighted by atomic mass is 9.80. The van der Waals surface area contributed by atoms with Crippen molar-refractivity contribution in [1.82, 2.24) is 5.32 Å². The van der Waals surface area contributed by atoms with Crippen LogP contribution in [0.1, 0.15) is 18.4 Å². The van der Waals surface area contributed by atoms with Gasteiger partial charge in [0.15, 0.2) is 0 Å². The number of nitro benzene ring substituents is 1. The molecule has 1 aromatic rings. The van der Waals surface area contributed by atoms with Crippen LogP contribution in [0.15, 0.2) is 46.8 Å². The Morgan fingerprint density at radius 2 is 1.93 bits per heavy atom. The van der Waals surface area contributed by atoms with Gasteiger partial charge in [-0.05, 0) is 12.5 Å². The highest BCUT2D eigenvalue weighted by atomic mass is 19.4. The Morgan fingerprint density at radius 3 is 2.47 bits per heavy atom. The minimum absolute atomic E-state index is 0.0412. The number of benzene rings is 1. The molecule has 0 fully saturated rings. The third-order valence-corrected chi connectivity index (χ3v) is 4.24. The number of allylic oxidation sites excluding steroid dienone is 2. The highest BCUT2D eigenvalue weighted by Gasteiger charge is 2.47. The van der Waals surface area contributed by atoms with Gasteiger partial charge in [-0.25, -0.2) is 9.59 Å². The van der Waals surface area contributed by atoms with Gasteiger partial charge >= 0.3 is 18.1 Å². The van der Waals surface area contributed by atoms with Gasteiger partial charge < -0.3 is 20.5 Å². The van der Waals surface area contributed by atoms with E-state index in [-0.39, 0.29) is 30.0 Å². The quantitative estimate of drug-likeness (QED) is 0.399. The maximum absolute atomic E-state index is 13.7. The van der Waals surface area contributed by atoms with Crippen LogP contribution >= 0.6 is 0 Å². The standard InChI is InChI=1S/C18H18F3N3O6/c1-9-12(17(26)30-7-6-22)13(10-4-3-5-11(8-10)24(27)28)14(16(25)29-2)15(23-9)18(19,20)21/h3-5,8,13,23H,6-7,22H2,1-2H3. The van der Waals surface area contributed by atoms with Crippen molar-refractivity contribution in [2.75, 3.05) is 20.3 Å². The number of nitrogens with zero attached hydrogens (tertiary/aromatic N) is 1. The molecule has 30 heavy (non-hydrogen) atoms. The molecule has 0 amide bonds. The molecule has 0 bridgehead atoms. The number of nitrogens with one attached hydrogen (secondary N) is 1. The Labute approximate surface area is 168 Å². The molecule has 1 heterocycles. The first-order chi connectivity index (χ1) is 14.0. The monoisotopic (exact) mass is 429 g/mol. The van der Waals surface area contributed by atoms with Crippen molar-refractivity contribution in [3.63, 3.8) is 0 Å². The molecular weight excluding hydrogens is 411 g/mol. The fourth-order valence-corrected chi connectivity index (χ4v) is 3.03. The average Bonchev–Trinajstić information content (AvgIpc) is 2.69. The van der Waals surface area contributed by atoms with E-state index in [9.17, 15) is 32.9 Å². The van der Waals surface area contributed by atoms with E-state index in [1.807, 2.05) is 5.32 Å². The summed E-state index contributed by atoms with van der Waals surface area (Å²) in [6.07, 6.45) is -5.00. The number of esters is 2. The number of non-ortho nitro benzene ring substituents is 1. The summed E-state index contributed by atoms with van der Waals surface area (Å²) in [5.41, 5.74) is 1.87. The van der Waals surface area contributed by atoms with Gasteiger partial charge in [0.05, 0.1) is 29.1 Å². The molecule has 2 rings (SSSR count). The molecule has 1 atom stereocenters. The third-order valence-electron chi connectivity index (χ3n) is 4.24. The summed E-state index contributed by atoms with van der Waals surface area (Å²) in [6.45, 7) is 0.935. The van der Waals surface area contributed by atoms with Crippen LogP contribution in [0.2, 0.25) is 0 Å². The van der Waals surface area contributed by atoms with Crippen molar-refractivity contribution in [1.29, 1.82) is 0 Å². The van der Waals surface area contributed by atoms with Gasteiger partial charge in [0, 0.05) is 24.4 Å². The van der Waals surface area contributed by atoms with E-state index in [0.29, 0.717) is 0 Å². The molecule has 162 valence electrons. The number of nitro groups is 1. The second-order valence-electron chi connectivity index (χ2n) is 6.15. The summed E-state index contributed by atoms with van der Waals surface area (Å²) < 4.78 is 50.6. The Morgan fingerprint density at radius 1 is 1.27 bits per heavy atom. The molecule has 3 N–H and O–H groups in total. The fraction of sp³-hybridized carbons (Fsp3) is 0.333. The lowest BCUT2D eigenvalue weighted by Crippen LogP contribution is -2.38. The lowest BCUT2D eigenvalue weighted by molar-refractivity contribution is -0.384. The number of carbonyl (C=O) groups excluding carboxylic acids is 2. The lowest BCUT2D eigenvalue weighted by Gasteiger charge is -2.31. The van der Waals surface area contributed by atoms with Crippen molar-refractivity contribution in [3.05, 3.63) is 62.5 Å². The van der Waals surface area contributed by atoms with Crippen LogP contribution in [-0.4, -0.2) is 43.3 Å². The second-order valence-corrected chi connectivity index (χ2v) is 6.15. The molecule has 0 saturated carbocycles. The summed E-state index contributed by atoms with van der Waals surface area (Å²) >= 11 is 0. The number of nitrogens with two attached hydrogens (primary N) is 1. The zero-order valence-corrected chi connectivity index (χ0v) is 15.9. The first-order valence-electron chi connectivity index (χ1n) is 8.51. The molecule has 1 aliphatic rings. The van der Waals surface area contributed by atoms with Crippen LogP contribution in [0.4, 0.5) is 18.9 Å². The molecular formula is C18H18F3N3O6. The number of carbonyl (C=O) groups is 2. The Balaban J connectivity index is 2.81. The number of halogens is 3. The molecule has 1 aromatic carbocycles. The molecule has 1 unspecified atom stereocenters. The molecule has 1 aliphatic heterocycles. The van der Waals surface area contributed by atoms with E-state index in [1.165, 1.54) is 19.1 Å². The topological polar surface area (TPSA) is 134 Å². The molecule has 0 aliphatic carbocycles. The number of hydrogen-bond donors (Lipinski definition) is 2. The van der Waals surface area contributed by atoms with E-state index < -0.39 is 45.9 Å². The number of methoxy groups -OCH3 is 1. The Bertz CT molecular complexity index is 939. The second kappa shape index (κ2) is 8.95. The van der Waals surface area contributed by atoms with Gasteiger partial charge in [0.2, 0.25) is 0 Å². The van der Waals surface area contributed by atoms with Crippen molar-refractivity contribution in [2.45, 2.75) is 19.0 Å². The van der Waals surface area contributed by atoms with Gasteiger partial charge in [-0.1, -0.05) is 12.1 Å². The van der Waals surface area contributed by atoms with Gasteiger partial charge in [-0.15, -0.1) is 0 Å². The zero-order chi connectivity index (χ0) is 22.6. The van der Waals surface area contributed by atoms with E-state index in [2.05, 4.69) is 4.74 Å². The average molecular weight is 429 g/mol. The minimum Gasteiger partial charge on any atom is -0.466 e.